The summed E-state index contributed by atoms with van der Waals surface area (Å²) in [5.41, 5.74) is 1.44. The number of aromatic nitrogens is 2. The number of ether oxygens (including phenoxy) is 1. The van der Waals surface area contributed by atoms with E-state index in [1.807, 2.05) is 47.4 Å². The Bertz CT molecular complexity index is 928. The smallest absolute Gasteiger partial charge is 0.256 e. The summed E-state index contributed by atoms with van der Waals surface area (Å²) in [6, 6.07) is 17.1. The first-order chi connectivity index (χ1) is 13.2. The van der Waals surface area contributed by atoms with Crippen molar-refractivity contribution in [3.05, 3.63) is 82.7 Å². The van der Waals surface area contributed by atoms with Gasteiger partial charge in [0.25, 0.3) is 5.91 Å². The molecule has 1 aromatic carbocycles. The summed E-state index contributed by atoms with van der Waals surface area (Å²) in [5.74, 6) is 1.11. The monoisotopic (exact) mass is 423 g/mol. The molecular formula is C21H18BrN3O2. The van der Waals surface area contributed by atoms with Crippen molar-refractivity contribution < 1.29 is 9.53 Å². The van der Waals surface area contributed by atoms with E-state index in [9.17, 15) is 4.79 Å². The number of carbonyl (C=O) groups excluding carboxylic acids is 1. The molecule has 3 aromatic rings. The molecule has 0 bridgehead atoms. The van der Waals surface area contributed by atoms with Crippen molar-refractivity contribution in [2.45, 2.75) is 25.4 Å². The molecule has 0 atom stereocenters. The number of hydrogen-bond acceptors (Lipinski definition) is 4. The molecule has 0 saturated heterocycles. The first-order valence-corrected chi connectivity index (χ1v) is 9.59. The van der Waals surface area contributed by atoms with E-state index in [4.69, 9.17) is 4.74 Å². The Hall–Kier alpha value is -2.73. The fraction of sp³-hybridized carbons (Fsp3) is 0.190. The second kappa shape index (κ2) is 7.88. The zero-order chi connectivity index (χ0) is 18.6. The van der Waals surface area contributed by atoms with Gasteiger partial charge < -0.3 is 9.64 Å². The number of carbonyl (C=O) groups is 1. The average Bonchev–Trinajstić information content (AvgIpc) is 3.52. The number of benzene rings is 1. The minimum Gasteiger partial charge on any atom is -0.439 e. The first kappa shape index (κ1) is 17.7. The number of hydrogen-bond donors (Lipinski definition) is 0. The zero-order valence-electron chi connectivity index (χ0n) is 14.6. The average molecular weight is 424 g/mol. The maximum atomic E-state index is 13.0. The van der Waals surface area contributed by atoms with Crippen molar-refractivity contribution in [1.29, 1.82) is 0 Å². The first-order valence-electron chi connectivity index (χ1n) is 8.79. The van der Waals surface area contributed by atoms with Crippen LogP contribution in [0.3, 0.4) is 0 Å². The van der Waals surface area contributed by atoms with E-state index in [-0.39, 0.29) is 11.9 Å². The minimum absolute atomic E-state index is 0.0235. The SMILES string of the molecule is O=C(c1ccc(Oc2cccc(Br)c2)nc1)N(Cc1ccccn1)C1CC1. The Morgan fingerprint density at radius 3 is 2.67 bits per heavy atom. The van der Waals surface area contributed by atoms with Crippen LogP contribution in [0.1, 0.15) is 28.9 Å². The fourth-order valence-corrected chi connectivity index (χ4v) is 3.18. The van der Waals surface area contributed by atoms with E-state index in [0.29, 0.717) is 23.7 Å². The molecule has 5 nitrogen and oxygen atoms in total. The van der Waals surface area contributed by atoms with Gasteiger partial charge in [0, 0.05) is 29.0 Å². The summed E-state index contributed by atoms with van der Waals surface area (Å²) in [5, 5.41) is 0. The van der Waals surface area contributed by atoms with Gasteiger partial charge in [-0.3, -0.25) is 9.78 Å². The van der Waals surface area contributed by atoms with Gasteiger partial charge in [-0.2, -0.15) is 0 Å². The van der Waals surface area contributed by atoms with Gasteiger partial charge in [0.05, 0.1) is 17.8 Å². The topological polar surface area (TPSA) is 55.3 Å². The van der Waals surface area contributed by atoms with Crippen LogP contribution in [-0.2, 0) is 6.54 Å². The molecule has 0 aliphatic heterocycles. The molecule has 0 spiro atoms. The molecule has 1 amide bonds. The van der Waals surface area contributed by atoms with E-state index in [0.717, 1.165) is 23.0 Å². The lowest BCUT2D eigenvalue weighted by atomic mass is 10.2. The summed E-state index contributed by atoms with van der Waals surface area (Å²) >= 11 is 3.41. The molecular weight excluding hydrogens is 406 g/mol. The predicted octanol–water partition coefficient (Wildman–Crippen LogP) is 4.84. The van der Waals surface area contributed by atoms with Crippen LogP contribution >= 0.6 is 15.9 Å². The van der Waals surface area contributed by atoms with Crippen LogP contribution in [0, 0.1) is 0 Å². The Balaban J connectivity index is 1.47. The van der Waals surface area contributed by atoms with Gasteiger partial charge in [0.1, 0.15) is 5.75 Å². The van der Waals surface area contributed by atoms with Gasteiger partial charge in [0.15, 0.2) is 0 Å². The standard InChI is InChI=1S/C21H18BrN3O2/c22-16-4-3-6-19(12-16)27-20-10-7-15(13-24-20)21(26)25(18-8-9-18)14-17-5-1-2-11-23-17/h1-7,10-13,18H,8-9,14H2. The molecule has 2 heterocycles. The van der Waals surface area contributed by atoms with Crippen molar-refractivity contribution in [1.82, 2.24) is 14.9 Å². The van der Waals surface area contributed by atoms with Crippen LogP contribution in [0.25, 0.3) is 0 Å². The van der Waals surface area contributed by atoms with E-state index in [1.165, 1.54) is 0 Å². The van der Waals surface area contributed by atoms with E-state index in [1.54, 1.807) is 24.5 Å². The third-order valence-electron chi connectivity index (χ3n) is 4.31. The van der Waals surface area contributed by atoms with Crippen LogP contribution in [0.5, 0.6) is 11.6 Å². The lowest BCUT2D eigenvalue weighted by Gasteiger charge is -2.22. The summed E-state index contributed by atoms with van der Waals surface area (Å²) in [6.45, 7) is 0.515. The van der Waals surface area contributed by atoms with E-state index in [2.05, 4.69) is 25.9 Å². The second-order valence-corrected chi connectivity index (χ2v) is 7.35. The molecule has 2 aromatic heterocycles. The molecule has 0 radical (unpaired) electrons. The van der Waals surface area contributed by atoms with Crippen molar-refractivity contribution in [3.63, 3.8) is 0 Å². The predicted molar refractivity (Wildman–Crippen MR) is 106 cm³/mol. The highest BCUT2D eigenvalue weighted by molar-refractivity contribution is 9.10. The van der Waals surface area contributed by atoms with Crippen LogP contribution in [0.4, 0.5) is 0 Å². The summed E-state index contributed by atoms with van der Waals surface area (Å²) in [6.07, 6.45) is 5.40. The molecule has 4 rings (SSSR count). The quantitative estimate of drug-likeness (QED) is 0.569. The Kier molecular flexibility index (Phi) is 5.16. The maximum absolute atomic E-state index is 13.0. The third-order valence-corrected chi connectivity index (χ3v) is 4.80. The number of nitrogens with zero attached hydrogens (tertiary/aromatic N) is 3. The highest BCUT2D eigenvalue weighted by atomic mass is 79.9. The summed E-state index contributed by atoms with van der Waals surface area (Å²) in [7, 11) is 0. The zero-order valence-corrected chi connectivity index (χ0v) is 16.2. The van der Waals surface area contributed by atoms with Crippen LogP contribution < -0.4 is 4.74 Å². The van der Waals surface area contributed by atoms with E-state index < -0.39 is 0 Å². The van der Waals surface area contributed by atoms with Gasteiger partial charge in [-0.25, -0.2) is 4.98 Å². The normalized spacial score (nSPS) is 13.2. The molecule has 1 aliphatic carbocycles. The molecule has 1 saturated carbocycles. The maximum Gasteiger partial charge on any atom is 0.256 e. The van der Waals surface area contributed by atoms with Gasteiger partial charge in [-0.05, 0) is 49.2 Å². The highest BCUT2D eigenvalue weighted by Crippen LogP contribution is 2.30. The van der Waals surface area contributed by atoms with Crippen molar-refractivity contribution in [3.8, 4) is 11.6 Å². The van der Waals surface area contributed by atoms with Gasteiger partial charge in [0.2, 0.25) is 5.88 Å². The molecule has 1 fully saturated rings. The fourth-order valence-electron chi connectivity index (χ4n) is 2.80. The lowest BCUT2D eigenvalue weighted by Crippen LogP contribution is -2.33. The lowest BCUT2D eigenvalue weighted by molar-refractivity contribution is 0.0727. The minimum atomic E-state index is -0.0235. The van der Waals surface area contributed by atoms with Crippen molar-refractivity contribution in [2.75, 3.05) is 0 Å². The summed E-state index contributed by atoms with van der Waals surface area (Å²) < 4.78 is 6.67. The van der Waals surface area contributed by atoms with Gasteiger partial charge in [-0.15, -0.1) is 0 Å². The second-order valence-electron chi connectivity index (χ2n) is 6.43. The number of halogens is 1. The van der Waals surface area contributed by atoms with Crippen molar-refractivity contribution in [2.24, 2.45) is 0 Å². The van der Waals surface area contributed by atoms with Gasteiger partial charge >= 0.3 is 0 Å². The van der Waals surface area contributed by atoms with Crippen LogP contribution in [0.2, 0.25) is 0 Å². The highest BCUT2D eigenvalue weighted by Gasteiger charge is 2.33. The largest absolute Gasteiger partial charge is 0.439 e. The molecule has 1 aliphatic rings. The van der Waals surface area contributed by atoms with Gasteiger partial charge in [-0.1, -0.05) is 28.1 Å². The number of rotatable bonds is 6. The van der Waals surface area contributed by atoms with Crippen molar-refractivity contribution >= 4 is 21.8 Å². The molecule has 136 valence electrons. The number of amides is 1. The molecule has 6 heteroatoms. The summed E-state index contributed by atoms with van der Waals surface area (Å²) in [4.78, 5) is 23.5. The van der Waals surface area contributed by atoms with Crippen LogP contribution in [0.15, 0.2) is 71.5 Å². The number of pyridine rings is 2. The Morgan fingerprint density at radius 2 is 2.00 bits per heavy atom. The Labute approximate surface area is 166 Å². The third kappa shape index (κ3) is 4.52. The molecule has 0 N–H and O–H groups in total. The Morgan fingerprint density at radius 1 is 1.11 bits per heavy atom. The van der Waals surface area contributed by atoms with E-state index >= 15 is 0 Å². The molecule has 27 heavy (non-hydrogen) atoms. The molecule has 0 unspecified atom stereocenters. The van der Waals surface area contributed by atoms with Crippen LogP contribution in [-0.4, -0.2) is 26.8 Å².